The summed E-state index contributed by atoms with van der Waals surface area (Å²) < 4.78 is 35.0. The van der Waals surface area contributed by atoms with E-state index in [0.29, 0.717) is 5.69 Å². The number of nitrogens with zero attached hydrogens (tertiary/aromatic N) is 4. The van der Waals surface area contributed by atoms with Crippen LogP contribution < -0.4 is 5.32 Å². The van der Waals surface area contributed by atoms with Crippen molar-refractivity contribution in [1.29, 1.82) is 0 Å². The topological polar surface area (TPSA) is 106 Å². The first-order chi connectivity index (χ1) is 14.6. The Morgan fingerprint density at radius 2 is 1.90 bits per heavy atom. The van der Waals surface area contributed by atoms with E-state index in [9.17, 15) is 13.2 Å². The standard InChI is InChI=1S/C21H25N5O4S/c1-13-11-26(12-14(2)30-13)31(28,29)18-7-5-6-16(8-18)21(27)23-17-9-19-15(3)24-25(4)20(19)22-10-17/h5-10,13-14H,11-12H2,1-4H3,(H,23,27)/t13-,14-/m1/s1. The second kappa shape index (κ2) is 8.03. The Hall–Kier alpha value is -2.82. The van der Waals surface area contributed by atoms with Crippen LogP contribution in [-0.4, -0.2) is 58.7 Å². The lowest BCUT2D eigenvalue weighted by Crippen LogP contribution is -2.48. The maximum Gasteiger partial charge on any atom is 0.255 e. The molecule has 1 amide bonds. The predicted molar refractivity (Wildman–Crippen MR) is 116 cm³/mol. The van der Waals surface area contributed by atoms with Crippen LogP contribution in [0.5, 0.6) is 0 Å². The van der Waals surface area contributed by atoms with E-state index in [-0.39, 0.29) is 35.8 Å². The van der Waals surface area contributed by atoms with Crippen LogP contribution in [0.15, 0.2) is 41.4 Å². The summed E-state index contributed by atoms with van der Waals surface area (Å²) in [5.74, 6) is -0.413. The van der Waals surface area contributed by atoms with Crippen LogP contribution >= 0.6 is 0 Å². The Morgan fingerprint density at radius 3 is 2.61 bits per heavy atom. The molecule has 9 nitrogen and oxygen atoms in total. The van der Waals surface area contributed by atoms with Gasteiger partial charge in [0.15, 0.2) is 5.65 Å². The fourth-order valence-corrected chi connectivity index (χ4v) is 5.49. The number of nitrogens with one attached hydrogen (secondary N) is 1. The van der Waals surface area contributed by atoms with Crippen molar-refractivity contribution in [3.8, 4) is 0 Å². The fraction of sp³-hybridized carbons (Fsp3) is 0.381. The number of hydrogen-bond donors (Lipinski definition) is 1. The quantitative estimate of drug-likeness (QED) is 0.663. The zero-order valence-electron chi connectivity index (χ0n) is 17.9. The van der Waals surface area contributed by atoms with Gasteiger partial charge in [-0.25, -0.2) is 13.4 Å². The van der Waals surface area contributed by atoms with Crippen molar-refractivity contribution in [1.82, 2.24) is 19.1 Å². The molecule has 0 bridgehead atoms. The van der Waals surface area contributed by atoms with Gasteiger partial charge in [0, 0.05) is 31.1 Å². The van der Waals surface area contributed by atoms with Crippen molar-refractivity contribution >= 4 is 32.7 Å². The van der Waals surface area contributed by atoms with Crippen LogP contribution in [0.1, 0.15) is 29.9 Å². The summed E-state index contributed by atoms with van der Waals surface area (Å²) in [5, 5.41) is 7.96. The van der Waals surface area contributed by atoms with Gasteiger partial charge < -0.3 is 10.1 Å². The number of ether oxygens (including phenoxy) is 1. The number of rotatable bonds is 4. The molecule has 31 heavy (non-hydrogen) atoms. The lowest BCUT2D eigenvalue weighted by molar-refractivity contribution is -0.0440. The van der Waals surface area contributed by atoms with Crippen LogP contribution in [0.25, 0.3) is 11.0 Å². The molecule has 164 valence electrons. The summed E-state index contributed by atoms with van der Waals surface area (Å²) in [6.45, 7) is 6.11. The summed E-state index contributed by atoms with van der Waals surface area (Å²) in [6.07, 6.45) is 1.17. The maximum absolute atomic E-state index is 13.1. The van der Waals surface area contributed by atoms with Gasteiger partial charge in [-0.2, -0.15) is 9.40 Å². The Morgan fingerprint density at radius 1 is 1.19 bits per heavy atom. The first-order valence-electron chi connectivity index (χ1n) is 10.0. The maximum atomic E-state index is 13.1. The number of morpholine rings is 1. The van der Waals surface area contributed by atoms with Crippen molar-refractivity contribution in [3.63, 3.8) is 0 Å². The van der Waals surface area contributed by atoms with Crippen LogP contribution in [-0.2, 0) is 21.8 Å². The zero-order chi connectivity index (χ0) is 22.3. The Balaban J connectivity index is 1.58. The summed E-state index contributed by atoms with van der Waals surface area (Å²) >= 11 is 0. The summed E-state index contributed by atoms with van der Waals surface area (Å²) in [6, 6.07) is 7.86. The van der Waals surface area contributed by atoms with Gasteiger partial charge in [-0.05, 0) is 45.0 Å². The largest absolute Gasteiger partial charge is 0.373 e. The van der Waals surface area contributed by atoms with Crippen LogP contribution in [0, 0.1) is 6.92 Å². The van der Waals surface area contributed by atoms with Crippen molar-refractivity contribution in [3.05, 3.63) is 47.8 Å². The van der Waals surface area contributed by atoms with E-state index in [1.54, 1.807) is 29.1 Å². The molecular weight excluding hydrogens is 418 g/mol. The van der Waals surface area contributed by atoms with E-state index < -0.39 is 15.9 Å². The second-order valence-electron chi connectivity index (χ2n) is 7.87. The molecule has 1 aliphatic heterocycles. The highest BCUT2D eigenvalue weighted by atomic mass is 32.2. The van der Waals surface area contributed by atoms with Crippen molar-refractivity contribution in [2.45, 2.75) is 37.9 Å². The summed E-state index contributed by atoms with van der Waals surface area (Å²) in [4.78, 5) is 17.2. The fourth-order valence-electron chi connectivity index (χ4n) is 3.85. The highest BCUT2D eigenvalue weighted by Gasteiger charge is 2.32. The van der Waals surface area contributed by atoms with Crippen LogP contribution in [0.2, 0.25) is 0 Å². The first kappa shape index (κ1) is 21.4. The van der Waals surface area contributed by atoms with E-state index in [2.05, 4.69) is 15.4 Å². The molecule has 1 saturated heterocycles. The number of hydrogen-bond acceptors (Lipinski definition) is 6. The minimum atomic E-state index is -3.74. The summed E-state index contributed by atoms with van der Waals surface area (Å²) in [7, 11) is -1.93. The van der Waals surface area contributed by atoms with E-state index in [1.165, 1.54) is 16.4 Å². The number of carbonyl (C=O) groups excluding carboxylic acids is 1. The van der Waals surface area contributed by atoms with Gasteiger partial charge in [0.25, 0.3) is 5.91 Å². The average Bonchev–Trinajstić information content (AvgIpc) is 3.00. The molecule has 0 spiro atoms. The van der Waals surface area contributed by atoms with E-state index in [1.807, 2.05) is 27.8 Å². The third-order valence-electron chi connectivity index (χ3n) is 5.24. The number of carbonyl (C=O) groups is 1. The van der Waals surface area contributed by atoms with Crippen LogP contribution in [0.3, 0.4) is 0 Å². The third kappa shape index (κ3) is 4.18. The van der Waals surface area contributed by atoms with Gasteiger partial charge in [-0.1, -0.05) is 6.07 Å². The second-order valence-corrected chi connectivity index (χ2v) is 9.80. The molecule has 10 heteroatoms. The van der Waals surface area contributed by atoms with Crippen molar-refractivity contribution < 1.29 is 17.9 Å². The number of pyridine rings is 1. The van der Waals surface area contributed by atoms with Gasteiger partial charge in [0.1, 0.15) is 0 Å². The van der Waals surface area contributed by atoms with Gasteiger partial charge in [0.2, 0.25) is 10.0 Å². The molecule has 0 aliphatic carbocycles. The normalized spacial score (nSPS) is 20.1. The molecule has 0 unspecified atom stereocenters. The number of benzene rings is 1. The minimum Gasteiger partial charge on any atom is -0.373 e. The monoisotopic (exact) mass is 443 g/mol. The van der Waals surface area contributed by atoms with E-state index in [4.69, 9.17) is 4.74 Å². The molecule has 1 fully saturated rings. The molecule has 0 saturated carbocycles. The third-order valence-corrected chi connectivity index (χ3v) is 7.07. The minimum absolute atomic E-state index is 0.0816. The van der Waals surface area contributed by atoms with Crippen LogP contribution in [0.4, 0.5) is 5.69 Å². The number of sulfonamides is 1. The number of aromatic nitrogens is 3. The molecule has 3 heterocycles. The van der Waals surface area contributed by atoms with Gasteiger partial charge in [-0.3, -0.25) is 9.48 Å². The van der Waals surface area contributed by atoms with Gasteiger partial charge >= 0.3 is 0 Å². The highest BCUT2D eigenvalue weighted by molar-refractivity contribution is 7.89. The molecule has 2 atom stereocenters. The van der Waals surface area contributed by atoms with E-state index >= 15 is 0 Å². The highest BCUT2D eigenvalue weighted by Crippen LogP contribution is 2.23. The Bertz CT molecular complexity index is 1240. The van der Waals surface area contributed by atoms with Crippen molar-refractivity contribution in [2.24, 2.45) is 7.05 Å². The zero-order valence-corrected chi connectivity index (χ0v) is 18.7. The first-order valence-corrected chi connectivity index (χ1v) is 11.5. The molecule has 3 aromatic rings. The molecule has 1 N–H and O–H groups in total. The molecule has 0 radical (unpaired) electrons. The number of anilines is 1. The van der Waals surface area contributed by atoms with Gasteiger partial charge in [0.05, 0.1) is 34.7 Å². The molecular formula is C21H25N5O4S. The number of amides is 1. The Kier molecular flexibility index (Phi) is 5.54. The smallest absolute Gasteiger partial charge is 0.255 e. The SMILES string of the molecule is Cc1nn(C)c2ncc(NC(=O)c3cccc(S(=O)(=O)N4C[C@@H](C)O[C@H](C)C4)c3)cc12. The molecule has 4 rings (SSSR count). The van der Waals surface area contributed by atoms with Crippen molar-refractivity contribution in [2.75, 3.05) is 18.4 Å². The molecule has 2 aromatic heterocycles. The number of fused-ring (bicyclic) bond motifs is 1. The average molecular weight is 444 g/mol. The Labute approximate surface area is 181 Å². The molecule has 1 aliphatic rings. The van der Waals surface area contributed by atoms with E-state index in [0.717, 1.165) is 16.7 Å². The lowest BCUT2D eigenvalue weighted by atomic mass is 10.2. The lowest BCUT2D eigenvalue weighted by Gasteiger charge is -2.34. The molecule has 1 aromatic carbocycles. The van der Waals surface area contributed by atoms with Gasteiger partial charge in [-0.15, -0.1) is 0 Å². The predicted octanol–water partition coefficient (Wildman–Crippen LogP) is 2.33. The summed E-state index contributed by atoms with van der Waals surface area (Å²) in [5.41, 5.74) is 2.29. The number of aryl methyl sites for hydroxylation is 2.